The van der Waals surface area contributed by atoms with Crippen LogP contribution in [0.15, 0.2) is 12.7 Å². The monoisotopic (exact) mass is 257 g/mol. The SMILES string of the molecule is C=CC(=O)NCCCC[C@H](CC(=O)OC)C(=O)O. The molecule has 1 atom stereocenters. The zero-order valence-electron chi connectivity index (χ0n) is 10.5. The van der Waals surface area contributed by atoms with Gasteiger partial charge in [-0.15, -0.1) is 0 Å². The van der Waals surface area contributed by atoms with Crippen LogP contribution in [0.5, 0.6) is 0 Å². The molecule has 2 N–H and O–H groups in total. The van der Waals surface area contributed by atoms with E-state index in [-0.39, 0.29) is 12.3 Å². The lowest BCUT2D eigenvalue weighted by atomic mass is 9.98. The predicted octanol–water partition coefficient (Wildman–Crippen LogP) is 0.723. The molecule has 0 rings (SSSR count). The molecule has 6 heteroatoms. The van der Waals surface area contributed by atoms with E-state index in [0.29, 0.717) is 25.8 Å². The second-order valence-corrected chi connectivity index (χ2v) is 3.81. The molecule has 0 unspecified atom stereocenters. The molecule has 6 nitrogen and oxygen atoms in total. The fraction of sp³-hybridized carbons (Fsp3) is 0.583. The van der Waals surface area contributed by atoms with Crippen molar-refractivity contribution in [2.45, 2.75) is 25.7 Å². The van der Waals surface area contributed by atoms with E-state index in [0.717, 1.165) is 0 Å². The second-order valence-electron chi connectivity index (χ2n) is 3.81. The highest BCUT2D eigenvalue weighted by Crippen LogP contribution is 2.13. The number of carbonyl (C=O) groups excluding carboxylic acids is 2. The number of hydrogen-bond acceptors (Lipinski definition) is 4. The van der Waals surface area contributed by atoms with Gasteiger partial charge in [-0.3, -0.25) is 14.4 Å². The van der Waals surface area contributed by atoms with Crippen LogP contribution in [0.4, 0.5) is 0 Å². The lowest BCUT2D eigenvalue weighted by Crippen LogP contribution is -2.22. The van der Waals surface area contributed by atoms with Crippen molar-refractivity contribution in [1.29, 1.82) is 0 Å². The van der Waals surface area contributed by atoms with Crippen molar-refractivity contribution in [3.8, 4) is 0 Å². The summed E-state index contributed by atoms with van der Waals surface area (Å²) in [5, 5.41) is 11.5. The number of methoxy groups -OCH3 is 1. The summed E-state index contributed by atoms with van der Waals surface area (Å²) < 4.78 is 4.43. The van der Waals surface area contributed by atoms with Crippen LogP contribution in [-0.4, -0.2) is 36.6 Å². The molecule has 0 aliphatic heterocycles. The van der Waals surface area contributed by atoms with Gasteiger partial charge in [0.25, 0.3) is 0 Å². The van der Waals surface area contributed by atoms with Crippen molar-refractivity contribution in [3.63, 3.8) is 0 Å². The van der Waals surface area contributed by atoms with E-state index in [2.05, 4.69) is 16.6 Å². The molecular formula is C12H19NO5. The van der Waals surface area contributed by atoms with Crippen LogP contribution in [0.3, 0.4) is 0 Å². The van der Waals surface area contributed by atoms with Crippen LogP contribution in [0.25, 0.3) is 0 Å². The molecule has 0 bridgehead atoms. The molecule has 0 heterocycles. The lowest BCUT2D eigenvalue weighted by Gasteiger charge is -2.10. The van der Waals surface area contributed by atoms with Crippen molar-refractivity contribution in [2.75, 3.05) is 13.7 Å². The normalized spacial score (nSPS) is 11.4. The molecule has 1 amide bonds. The number of carboxylic acid groups (broad SMARTS) is 1. The second kappa shape index (κ2) is 9.21. The van der Waals surface area contributed by atoms with Gasteiger partial charge in [-0.1, -0.05) is 13.0 Å². The van der Waals surface area contributed by atoms with Gasteiger partial charge in [-0.2, -0.15) is 0 Å². The molecule has 0 saturated carbocycles. The standard InChI is InChI=1S/C12H19NO5/c1-3-10(14)13-7-5-4-6-9(12(16)17)8-11(15)18-2/h3,9H,1,4-8H2,2H3,(H,13,14)(H,16,17)/t9-/m1/s1. The molecule has 0 saturated heterocycles. The Balaban J connectivity index is 3.84. The summed E-state index contributed by atoms with van der Waals surface area (Å²) in [7, 11) is 1.23. The molecule has 0 aromatic carbocycles. The summed E-state index contributed by atoms with van der Waals surface area (Å²) in [6, 6.07) is 0. The summed E-state index contributed by atoms with van der Waals surface area (Å²) in [6.45, 7) is 3.78. The summed E-state index contributed by atoms with van der Waals surface area (Å²) in [4.78, 5) is 32.7. The highest BCUT2D eigenvalue weighted by atomic mass is 16.5. The maximum atomic E-state index is 11.0. The third-order valence-electron chi connectivity index (χ3n) is 2.45. The number of aliphatic carboxylic acids is 1. The molecular weight excluding hydrogens is 238 g/mol. The molecule has 0 aliphatic carbocycles. The van der Waals surface area contributed by atoms with Crippen LogP contribution in [-0.2, 0) is 19.1 Å². The Kier molecular flexibility index (Phi) is 8.26. The van der Waals surface area contributed by atoms with Crippen LogP contribution in [0.2, 0.25) is 0 Å². The third-order valence-corrected chi connectivity index (χ3v) is 2.45. The maximum absolute atomic E-state index is 11.0. The Morgan fingerprint density at radius 1 is 1.39 bits per heavy atom. The number of carbonyl (C=O) groups is 3. The fourth-order valence-electron chi connectivity index (χ4n) is 1.40. The first kappa shape index (κ1) is 16.1. The molecule has 0 aliphatic rings. The van der Waals surface area contributed by atoms with E-state index in [1.54, 1.807) is 0 Å². The van der Waals surface area contributed by atoms with Crippen LogP contribution < -0.4 is 5.32 Å². The summed E-state index contributed by atoms with van der Waals surface area (Å²) >= 11 is 0. The van der Waals surface area contributed by atoms with Gasteiger partial charge in [-0.25, -0.2) is 0 Å². The smallest absolute Gasteiger partial charge is 0.307 e. The number of nitrogens with one attached hydrogen (secondary N) is 1. The number of amides is 1. The summed E-state index contributed by atoms with van der Waals surface area (Å²) in [5.41, 5.74) is 0. The number of carboxylic acids is 1. The number of esters is 1. The first-order chi connectivity index (χ1) is 8.51. The van der Waals surface area contributed by atoms with Gasteiger partial charge in [0.1, 0.15) is 0 Å². The van der Waals surface area contributed by atoms with Gasteiger partial charge < -0.3 is 15.2 Å². The molecule has 0 spiro atoms. The zero-order chi connectivity index (χ0) is 14.0. The Morgan fingerprint density at radius 3 is 2.56 bits per heavy atom. The minimum Gasteiger partial charge on any atom is -0.481 e. The van der Waals surface area contributed by atoms with Crippen molar-refractivity contribution < 1.29 is 24.2 Å². The average molecular weight is 257 g/mol. The molecule has 18 heavy (non-hydrogen) atoms. The first-order valence-electron chi connectivity index (χ1n) is 5.71. The molecule has 102 valence electrons. The van der Waals surface area contributed by atoms with E-state index >= 15 is 0 Å². The Morgan fingerprint density at radius 2 is 2.06 bits per heavy atom. The van der Waals surface area contributed by atoms with Crippen LogP contribution >= 0.6 is 0 Å². The molecule has 0 aromatic rings. The van der Waals surface area contributed by atoms with Gasteiger partial charge in [0.2, 0.25) is 5.91 Å². The van der Waals surface area contributed by atoms with E-state index in [4.69, 9.17) is 5.11 Å². The first-order valence-corrected chi connectivity index (χ1v) is 5.71. The molecule has 0 radical (unpaired) electrons. The van der Waals surface area contributed by atoms with Crippen molar-refractivity contribution in [1.82, 2.24) is 5.32 Å². The van der Waals surface area contributed by atoms with E-state index in [1.165, 1.54) is 13.2 Å². The van der Waals surface area contributed by atoms with Crippen molar-refractivity contribution in [3.05, 3.63) is 12.7 Å². The molecule has 0 aromatic heterocycles. The minimum absolute atomic E-state index is 0.120. The van der Waals surface area contributed by atoms with E-state index < -0.39 is 17.9 Å². The maximum Gasteiger partial charge on any atom is 0.307 e. The topological polar surface area (TPSA) is 92.7 Å². The van der Waals surface area contributed by atoms with Gasteiger partial charge in [0.15, 0.2) is 0 Å². The van der Waals surface area contributed by atoms with E-state index in [9.17, 15) is 14.4 Å². The average Bonchev–Trinajstić information content (AvgIpc) is 2.35. The Bertz CT molecular complexity index is 314. The largest absolute Gasteiger partial charge is 0.481 e. The quantitative estimate of drug-likeness (QED) is 0.361. The number of unbranched alkanes of at least 4 members (excludes halogenated alkanes) is 1. The number of ether oxygens (including phenoxy) is 1. The fourth-order valence-corrected chi connectivity index (χ4v) is 1.40. The van der Waals surface area contributed by atoms with Crippen molar-refractivity contribution in [2.24, 2.45) is 5.92 Å². The number of hydrogen-bond donors (Lipinski definition) is 2. The summed E-state index contributed by atoms with van der Waals surface area (Å²) in [5.74, 6) is -2.51. The zero-order valence-corrected chi connectivity index (χ0v) is 10.5. The van der Waals surface area contributed by atoms with Crippen LogP contribution in [0, 0.1) is 5.92 Å². The predicted molar refractivity (Wildman–Crippen MR) is 64.8 cm³/mol. The highest BCUT2D eigenvalue weighted by molar-refractivity contribution is 5.86. The summed E-state index contributed by atoms with van der Waals surface area (Å²) in [6.07, 6.45) is 2.71. The number of rotatable bonds is 9. The van der Waals surface area contributed by atoms with Gasteiger partial charge in [-0.05, 0) is 18.9 Å². The Hall–Kier alpha value is -1.85. The third kappa shape index (κ3) is 7.43. The van der Waals surface area contributed by atoms with Crippen LogP contribution in [0.1, 0.15) is 25.7 Å². The van der Waals surface area contributed by atoms with E-state index in [1.807, 2.05) is 0 Å². The lowest BCUT2D eigenvalue weighted by molar-refractivity contribution is -0.150. The minimum atomic E-state index is -1.00. The Labute approximate surface area is 106 Å². The highest BCUT2D eigenvalue weighted by Gasteiger charge is 2.20. The van der Waals surface area contributed by atoms with Gasteiger partial charge in [0, 0.05) is 6.54 Å². The molecule has 0 fully saturated rings. The van der Waals surface area contributed by atoms with Gasteiger partial charge in [0.05, 0.1) is 19.4 Å². The van der Waals surface area contributed by atoms with Gasteiger partial charge >= 0.3 is 11.9 Å². The van der Waals surface area contributed by atoms with Crippen molar-refractivity contribution >= 4 is 17.8 Å².